The molecule has 0 amide bonds. The monoisotopic (exact) mass is 259 g/mol. The predicted octanol–water partition coefficient (Wildman–Crippen LogP) is -1.94. The molecule has 0 aromatic carbocycles. The van der Waals surface area contributed by atoms with Gasteiger partial charge in [-0.15, -0.1) is 0 Å². The van der Waals surface area contributed by atoms with E-state index in [1.54, 1.807) is 0 Å². The minimum Gasteiger partial charge on any atom is -1.00 e. The fourth-order valence-corrected chi connectivity index (χ4v) is 1.08. The Bertz CT molecular complexity index is 294. The average Bonchev–Trinajstić information content (AvgIpc) is 2.50. The summed E-state index contributed by atoms with van der Waals surface area (Å²) in [6.07, 6.45) is 6.04. The molecule has 0 fully saturated rings. The molecule has 1 heterocycles. The maximum absolute atomic E-state index is 9.92. The van der Waals surface area contributed by atoms with E-state index in [0.717, 1.165) is 29.7 Å². The van der Waals surface area contributed by atoms with Gasteiger partial charge in [-0.2, -0.15) is 0 Å². The summed E-state index contributed by atoms with van der Waals surface area (Å²) >= 11 is 0. The molecule has 0 aromatic heterocycles. The van der Waals surface area contributed by atoms with E-state index in [9.17, 15) is 9.59 Å². The highest BCUT2D eigenvalue weighted by atomic mass is 35.5. The number of rotatable bonds is 4. The number of halogens is 1. The Morgan fingerprint density at radius 2 is 1.47 bits per heavy atom. The number of likely N-dealkylation sites (N-methyl/N-ethyl adjacent to an activating group) is 1. The van der Waals surface area contributed by atoms with E-state index in [2.05, 4.69) is 32.0 Å². The summed E-state index contributed by atoms with van der Waals surface area (Å²) < 4.78 is 4.92. The van der Waals surface area contributed by atoms with Crippen molar-refractivity contribution in [3.05, 3.63) is 37.5 Å². The number of nitrogens with zero attached hydrogens (tertiary/aromatic N) is 1. The van der Waals surface area contributed by atoms with Crippen molar-refractivity contribution in [1.82, 2.24) is 0 Å². The van der Waals surface area contributed by atoms with Crippen LogP contribution in [0.5, 0.6) is 0 Å². The maximum atomic E-state index is 9.92. The van der Waals surface area contributed by atoms with Gasteiger partial charge in [0.25, 0.3) is 0 Å². The molecule has 0 saturated carbocycles. The molecule has 0 aromatic rings. The summed E-state index contributed by atoms with van der Waals surface area (Å²) in [6.45, 7) is 9.37. The zero-order valence-corrected chi connectivity index (χ0v) is 10.9. The second-order valence-electron chi connectivity index (χ2n) is 3.95. The van der Waals surface area contributed by atoms with Gasteiger partial charge in [-0.05, 0) is 12.2 Å². The van der Waals surface area contributed by atoms with Crippen molar-refractivity contribution in [3.8, 4) is 0 Å². The van der Waals surface area contributed by atoms with Crippen LogP contribution in [0.25, 0.3) is 0 Å². The van der Waals surface area contributed by atoms with Gasteiger partial charge in [0.15, 0.2) is 0 Å². The van der Waals surface area contributed by atoms with Gasteiger partial charge in [-0.3, -0.25) is 0 Å². The minimum atomic E-state index is -0.579. The lowest BCUT2D eigenvalue weighted by molar-refractivity contribution is -0.878. The number of hydrogen-bond donors (Lipinski definition) is 0. The standard InChI is InChI=1S/C8H16N.C4H2O3.ClH/c1-5-7-9(3,4)8-6-2;5-3-1-2-4(6)7-3;/h5-6H,1-2,7-8H2,3-4H3;1-2H;1H/q+1;;/p-1. The largest absolute Gasteiger partial charge is 1.00 e. The van der Waals surface area contributed by atoms with E-state index < -0.39 is 11.9 Å². The zero-order chi connectivity index (χ0) is 12.6. The van der Waals surface area contributed by atoms with Crippen LogP contribution < -0.4 is 12.4 Å². The Morgan fingerprint density at radius 1 is 1.12 bits per heavy atom. The number of hydrogen-bond acceptors (Lipinski definition) is 3. The Morgan fingerprint density at radius 3 is 1.65 bits per heavy atom. The molecule has 0 atom stereocenters. The van der Waals surface area contributed by atoms with Crippen LogP contribution >= 0.6 is 0 Å². The molecule has 17 heavy (non-hydrogen) atoms. The van der Waals surface area contributed by atoms with Gasteiger partial charge in [0.05, 0.1) is 27.2 Å². The molecule has 4 nitrogen and oxygen atoms in total. The number of carbonyl (C=O) groups is 2. The summed E-state index contributed by atoms with van der Waals surface area (Å²) in [6, 6.07) is 0. The summed E-state index contributed by atoms with van der Waals surface area (Å²) in [5.74, 6) is -1.16. The fraction of sp³-hybridized carbons (Fsp3) is 0.333. The zero-order valence-electron chi connectivity index (χ0n) is 10.2. The molecular formula is C12H18ClNO3. The van der Waals surface area contributed by atoms with Gasteiger partial charge in [-0.25, -0.2) is 9.59 Å². The predicted molar refractivity (Wildman–Crippen MR) is 62.5 cm³/mol. The molecule has 0 radical (unpaired) electrons. The van der Waals surface area contributed by atoms with Crippen molar-refractivity contribution in [3.63, 3.8) is 0 Å². The van der Waals surface area contributed by atoms with Gasteiger partial charge in [0.2, 0.25) is 0 Å². The van der Waals surface area contributed by atoms with Crippen LogP contribution in [0, 0.1) is 0 Å². The molecule has 1 aliphatic rings. The molecule has 0 saturated heterocycles. The van der Waals surface area contributed by atoms with Crippen LogP contribution in [0.2, 0.25) is 0 Å². The van der Waals surface area contributed by atoms with Crippen molar-refractivity contribution < 1.29 is 31.2 Å². The van der Waals surface area contributed by atoms with Crippen LogP contribution in [0.4, 0.5) is 0 Å². The molecular weight excluding hydrogens is 242 g/mol. The minimum absolute atomic E-state index is 0. The van der Waals surface area contributed by atoms with Gasteiger partial charge in [0.1, 0.15) is 0 Å². The molecule has 5 heteroatoms. The van der Waals surface area contributed by atoms with E-state index >= 15 is 0 Å². The topological polar surface area (TPSA) is 43.4 Å². The van der Waals surface area contributed by atoms with Crippen LogP contribution in [0.3, 0.4) is 0 Å². The average molecular weight is 260 g/mol. The molecule has 0 unspecified atom stereocenters. The summed E-state index contributed by atoms with van der Waals surface area (Å²) in [7, 11) is 4.31. The third kappa shape index (κ3) is 9.53. The van der Waals surface area contributed by atoms with Crippen LogP contribution in [0.15, 0.2) is 37.5 Å². The number of cyclic esters (lactones) is 2. The second kappa shape index (κ2) is 8.73. The van der Waals surface area contributed by atoms with E-state index in [0.29, 0.717) is 0 Å². The number of ether oxygens (including phenoxy) is 1. The lowest BCUT2D eigenvalue weighted by Gasteiger charge is -2.26. The summed E-state index contributed by atoms with van der Waals surface area (Å²) in [5.41, 5.74) is 0. The van der Waals surface area contributed by atoms with Crippen molar-refractivity contribution in [2.45, 2.75) is 0 Å². The Hall–Kier alpha value is -1.39. The molecule has 0 spiro atoms. The van der Waals surface area contributed by atoms with Crippen molar-refractivity contribution in [1.29, 1.82) is 0 Å². The summed E-state index contributed by atoms with van der Waals surface area (Å²) in [5, 5.41) is 0. The quantitative estimate of drug-likeness (QED) is 0.256. The molecule has 0 aliphatic carbocycles. The first-order valence-electron chi connectivity index (χ1n) is 4.89. The first-order valence-corrected chi connectivity index (χ1v) is 4.89. The number of esters is 2. The first-order chi connectivity index (χ1) is 7.41. The molecule has 0 N–H and O–H groups in total. The van der Waals surface area contributed by atoms with E-state index in [-0.39, 0.29) is 12.4 Å². The van der Waals surface area contributed by atoms with Crippen LogP contribution in [-0.4, -0.2) is 43.6 Å². The molecule has 1 aliphatic heterocycles. The first kappa shape index (κ1) is 18.0. The van der Waals surface area contributed by atoms with Gasteiger partial charge >= 0.3 is 11.9 Å². The SMILES string of the molecule is C=CC[N+](C)(C)CC=C.O=C1C=CC(=O)O1.[Cl-]. The van der Waals surface area contributed by atoms with E-state index in [1.807, 2.05) is 12.2 Å². The summed E-state index contributed by atoms with van der Waals surface area (Å²) in [4.78, 5) is 19.8. The number of carbonyl (C=O) groups excluding carboxylic acids is 2. The smallest absolute Gasteiger partial charge is 0.338 e. The van der Waals surface area contributed by atoms with Crippen LogP contribution in [-0.2, 0) is 14.3 Å². The third-order valence-corrected chi connectivity index (χ3v) is 1.80. The normalized spacial score (nSPS) is 13.1. The van der Waals surface area contributed by atoms with E-state index in [4.69, 9.17) is 0 Å². The Balaban J connectivity index is 0. The maximum Gasteiger partial charge on any atom is 0.338 e. The van der Waals surface area contributed by atoms with Crippen molar-refractivity contribution in [2.24, 2.45) is 0 Å². The van der Waals surface area contributed by atoms with Gasteiger partial charge in [0, 0.05) is 12.2 Å². The highest BCUT2D eigenvalue weighted by Gasteiger charge is 2.10. The van der Waals surface area contributed by atoms with Gasteiger partial charge in [-0.1, -0.05) is 13.2 Å². The molecule has 96 valence electrons. The van der Waals surface area contributed by atoms with Gasteiger partial charge < -0.3 is 21.6 Å². The molecule has 1 rings (SSSR count). The molecule has 0 bridgehead atoms. The highest BCUT2D eigenvalue weighted by molar-refractivity contribution is 6.04. The van der Waals surface area contributed by atoms with E-state index in [1.165, 1.54) is 0 Å². The van der Waals surface area contributed by atoms with Crippen molar-refractivity contribution in [2.75, 3.05) is 27.2 Å². The Kier molecular flexibility index (Phi) is 9.23. The Labute approximate surface area is 108 Å². The van der Waals surface area contributed by atoms with Crippen molar-refractivity contribution >= 4 is 11.9 Å². The highest BCUT2D eigenvalue weighted by Crippen LogP contribution is 1.95. The lowest BCUT2D eigenvalue weighted by Crippen LogP contribution is -3.00. The third-order valence-electron chi connectivity index (χ3n) is 1.80. The lowest BCUT2D eigenvalue weighted by atomic mass is 10.4. The number of quaternary nitrogens is 1. The fourth-order valence-electron chi connectivity index (χ4n) is 1.08. The second-order valence-corrected chi connectivity index (χ2v) is 3.95. The van der Waals surface area contributed by atoms with Crippen LogP contribution in [0.1, 0.15) is 0 Å².